The van der Waals surface area contributed by atoms with Gasteiger partial charge < -0.3 is 13.9 Å². The Morgan fingerprint density at radius 3 is 2.68 bits per heavy atom. The highest BCUT2D eigenvalue weighted by Crippen LogP contribution is 2.44. The Bertz CT molecular complexity index is 1160. The topological polar surface area (TPSA) is 51.9 Å². The number of hydrogen-bond donors (Lipinski definition) is 0. The summed E-state index contributed by atoms with van der Waals surface area (Å²) in [5.74, 6) is 3.02. The number of aryl methyl sites for hydroxylation is 1. The summed E-state index contributed by atoms with van der Waals surface area (Å²) < 4.78 is 17.6. The van der Waals surface area contributed by atoms with Crippen molar-refractivity contribution in [2.45, 2.75) is 39.8 Å². The van der Waals surface area contributed by atoms with Gasteiger partial charge in [-0.3, -0.25) is 9.69 Å². The Morgan fingerprint density at radius 2 is 1.97 bits per heavy atom. The Kier molecular flexibility index (Phi) is 4.91. The van der Waals surface area contributed by atoms with E-state index in [1.165, 1.54) is 5.56 Å². The third kappa shape index (κ3) is 3.66. The Morgan fingerprint density at radius 1 is 1.16 bits per heavy atom. The van der Waals surface area contributed by atoms with Crippen molar-refractivity contribution < 1.29 is 18.7 Å². The van der Waals surface area contributed by atoms with Gasteiger partial charge in [0.2, 0.25) is 5.78 Å². The van der Waals surface area contributed by atoms with Crippen LogP contribution in [0.4, 0.5) is 0 Å². The summed E-state index contributed by atoms with van der Waals surface area (Å²) in [6.45, 7) is 7.98. The molecule has 0 amide bonds. The molecule has 2 aliphatic rings. The zero-order valence-corrected chi connectivity index (χ0v) is 18.0. The smallest absolute Gasteiger partial charge is 0.232 e. The molecule has 0 saturated carbocycles. The molecule has 0 aliphatic carbocycles. The van der Waals surface area contributed by atoms with E-state index in [9.17, 15) is 4.79 Å². The summed E-state index contributed by atoms with van der Waals surface area (Å²) in [5.41, 5.74) is 4.62. The average molecular weight is 415 g/mol. The predicted molar refractivity (Wildman–Crippen MR) is 118 cm³/mol. The second-order valence-electron chi connectivity index (χ2n) is 8.48. The van der Waals surface area contributed by atoms with E-state index in [1.807, 2.05) is 43.3 Å². The van der Waals surface area contributed by atoms with E-state index in [-0.39, 0.29) is 5.78 Å². The predicted octanol–water partition coefficient (Wildman–Crippen LogP) is 5.68. The van der Waals surface area contributed by atoms with E-state index in [0.29, 0.717) is 42.8 Å². The van der Waals surface area contributed by atoms with E-state index in [2.05, 4.69) is 30.9 Å². The van der Waals surface area contributed by atoms with E-state index >= 15 is 0 Å². The van der Waals surface area contributed by atoms with Crippen molar-refractivity contribution in [3.05, 3.63) is 88.1 Å². The molecule has 2 aliphatic heterocycles. The van der Waals surface area contributed by atoms with Gasteiger partial charge in [0, 0.05) is 6.54 Å². The summed E-state index contributed by atoms with van der Waals surface area (Å²) in [4.78, 5) is 15.3. The number of Topliss-reactive ketones (excluding diaryl/α,β-unsaturated/α-hetero) is 1. The van der Waals surface area contributed by atoms with Crippen LogP contribution < -0.4 is 9.47 Å². The lowest BCUT2D eigenvalue weighted by Crippen LogP contribution is -2.31. The maximum atomic E-state index is 13.2. The average Bonchev–Trinajstić information content (AvgIpc) is 3.38. The molecule has 158 valence electrons. The molecular weight excluding hydrogens is 390 g/mol. The van der Waals surface area contributed by atoms with Gasteiger partial charge in [-0.2, -0.15) is 0 Å². The van der Waals surface area contributed by atoms with Gasteiger partial charge in [0.05, 0.1) is 23.9 Å². The van der Waals surface area contributed by atoms with Crippen LogP contribution in [0.1, 0.15) is 58.1 Å². The quantitative estimate of drug-likeness (QED) is 0.513. The number of benzene rings is 2. The molecule has 0 atom stereocenters. The fourth-order valence-electron chi connectivity index (χ4n) is 4.13. The minimum absolute atomic E-state index is 0.0774. The first kappa shape index (κ1) is 19.6. The lowest BCUT2D eigenvalue weighted by Gasteiger charge is -2.29. The van der Waals surface area contributed by atoms with E-state index in [4.69, 9.17) is 13.9 Å². The number of allylic oxidation sites excluding steroid dienone is 1. The number of rotatable bonds is 4. The van der Waals surface area contributed by atoms with Crippen LogP contribution in [0.15, 0.2) is 58.9 Å². The van der Waals surface area contributed by atoms with Crippen LogP contribution in [-0.2, 0) is 13.1 Å². The van der Waals surface area contributed by atoms with Gasteiger partial charge in [0.1, 0.15) is 24.0 Å². The van der Waals surface area contributed by atoms with Gasteiger partial charge in [-0.25, -0.2) is 0 Å². The lowest BCUT2D eigenvalue weighted by molar-refractivity contribution is 0.0809. The van der Waals surface area contributed by atoms with Crippen LogP contribution in [-0.4, -0.2) is 17.4 Å². The van der Waals surface area contributed by atoms with Crippen molar-refractivity contribution in [3.8, 4) is 11.5 Å². The number of ketones is 1. The van der Waals surface area contributed by atoms with Gasteiger partial charge in [0.25, 0.3) is 0 Å². The molecular formula is C26H25NO4. The van der Waals surface area contributed by atoms with Gasteiger partial charge in [-0.15, -0.1) is 0 Å². The second-order valence-corrected chi connectivity index (χ2v) is 8.48. The molecule has 2 aromatic carbocycles. The van der Waals surface area contributed by atoms with Crippen molar-refractivity contribution in [2.75, 3.05) is 6.73 Å². The summed E-state index contributed by atoms with van der Waals surface area (Å²) in [6.07, 6.45) is 3.49. The molecule has 0 saturated heterocycles. The standard InChI is InChI=1S/C26H25NO4/c1-16(2)19-8-6-18(7-9-19)12-23-25(28)24-17(3)11-22-21(26(24)31-23)14-27(15-30-22)13-20-5-4-10-29-20/h4-12,16H,13-15H2,1-3H3/b23-12-. The van der Waals surface area contributed by atoms with Crippen LogP contribution >= 0.6 is 0 Å². The molecule has 0 spiro atoms. The highest BCUT2D eigenvalue weighted by Gasteiger charge is 2.35. The molecule has 31 heavy (non-hydrogen) atoms. The fourth-order valence-corrected chi connectivity index (χ4v) is 4.13. The monoisotopic (exact) mass is 415 g/mol. The highest BCUT2D eigenvalue weighted by atomic mass is 16.5. The number of fused-ring (bicyclic) bond motifs is 3. The van der Waals surface area contributed by atoms with E-state index in [0.717, 1.165) is 28.2 Å². The molecule has 0 radical (unpaired) electrons. The SMILES string of the molecule is Cc1cc2c(c3c1C(=O)/C(=C/c1ccc(C(C)C)cc1)O3)CN(Cc1ccco1)CO2. The van der Waals surface area contributed by atoms with Crippen LogP contribution in [0.5, 0.6) is 11.5 Å². The van der Waals surface area contributed by atoms with Crippen LogP contribution in [0, 0.1) is 6.92 Å². The second kappa shape index (κ2) is 7.75. The third-order valence-corrected chi connectivity index (χ3v) is 5.85. The van der Waals surface area contributed by atoms with Crippen LogP contribution in [0.3, 0.4) is 0 Å². The van der Waals surface area contributed by atoms with Crippen molar-refractivity contribution in [2.24, 2.45) is 0 Å². The number of ether oxygens (including phenoxy) is 2. The van der Waals surface area contributed by atoms with Crippen molar-refractivity contribution in [1.29, 1.82) is 0 Å². The van der Waals surface area contributed by atoms with Crippen molar-refractivity contribution in [1.82, 2.24) is 4.90 Å². The summed E-state index contributed by atoms with van der Waals surface area (Å²) in [7, 11) is 0. The first-order valence-corrected chi connectivity index (χ1v) is 10.6. The van der Waals surface area contributed by atoms with E-state index < -0.39 is 0 Å². The molecule has 3 aromatic rings. The molecule has 1 aromatic heterocycles. The molecule has 5 heteroatoms. The number of nitrogens with zero attached hydrogens (tertiary/aromatic N) is 1. The van der Waals surface area contributed by atoms with E-state index in [1.54, 1.807) is 6.26 Å². The number of carbonyl (C=O) groups excluding carboxylic acids is 1. The summed E-state index contributed by atoms with van der Waals surface area (Å²) in [5, 5.41) is 0. The number of carbonyl (C=O) groups is 1. The molecule has 0 fully saturated rings. The summed E-state index contributed by atoms with van der Waals surface area (Å²) in [6, 6.07) is 14.0. The minimum Gasteiger partial charge on any atom is -0.478 e. The van der Waals surface area contributed by atoms with Crippen molar-refractivity contribution >= 4 is 11.9 Å². The fraction of sp³-hybridized carbons (Fsp3) is 0.269. The van der Waals surface area contributed by atoms with Gasteiger partial charge in [0.15, 0.2) is 5.76 Å². The minimum atomic E-state index is -0.0774. The maximum Gasteiger partial charge on any atom is 0.232 e. The molecule has 0 N–H and O–H groups in total. The lowest BCUT2D eigenvalue weighted by atomic mass is 9.98. The zero-order chi connectivity index (χ0) is 21.5. The Hall–Kier alpha value is -3.31. The Balaban J connectivity index is 1.45. The molecule has 3 heterocycles. The first-order chi connectivity index (χ1) is 15.0. The van der Waals surface area contributed by atoms with Crippen molar-refractivity contribution in [3.63, 3.8) is 0 Å². The third-order valence-electron chi connectivity index (χ3n) is 5.85. The first-order valence-electron chi connectivity index (χ1n) is 10.6. The van der Waals surface area contributed by atoms with Gasteiger partial charge in [-0.05, 0) is 53.8 Å². The largest absolute Gasteiger partial charge is 0.478 e. The molecule has 0 bridgehead atoms. The summed E-state index contributed by atoms with van der Waals surface area (Å²) >= 11 is 0. The molecule has 5 rings (SSSR count). The number of furan rings is 1. The van der Waals surface area contributed by atoms with Gasteiger partial charge in [-0.1, -0.05) is 38.1 Å². The molecule has 0 unspecified atom stereocenters. The Labute approximate surface area is 181 Å². The van der Waals surface area contributed by atoms with Gasteiger partial charge >= 0.3 is 0 Å². The van der Waals surface area contributed by atoms with Crippen LogP contribution in [0.25, 0.3) is 6.08 Å². The highest BCUT2D eigenvalue weighted by molar-refractivity contribution is 6.15. The number of hydrogen-bond acceptors (Lipinski definition) is 5. The van der Waals surface area contributed by atoms with Crippen LogP contribution in [0.2, 0.25) is 0 Å². The maximum absolute atomic E-state index is 13.2. The zero-order valence-electron chi connectivity index (χ0n) is 18.0. The normalized spacial score (nSPS) is 16.9. The molecule has 5 nitrogen and oxygen atoms in total.